The molecular weight excluding hydrogens is 304 g/mol. The molecule has 0 radical (unpaired) electrons. The van der Waals surface area contributed by atoms with Crippen molar-refractivity contribution in [1.29, 1.82) is 0 Å². The molecule has 4 rings (SSSR count). The van der Waals surface area contributed by atoms with Crippen molar-refractivity contribution >= 4 is 12.3 Å². The van der Waals surface area contributed by atoms with Gasteiger partial charge in [0.05, 0.1) is 6.10 Å². The zero-order chi connectivity index (χ0) is 17.5. The highest BCUT2D eigenvalue weighted by Gasteiger charge is 2.58. The van der Waals surface area contributed by atoms with Gasteiger partial charge in [0.1, 0.15) is 0 Å². The van der Waals surface area contributed by atoms with Crippen LogP contribution in [0.3, 0.4) is 0 Å². The van der Waals surface area contributed by atoms with Crippen LogP contribution in [-0.4, -0.2) is 28.6 Å². The highest BCUT2D eigenvalue weighted by atomic mass is 16.3. The molecular formula is C20H30O4. The first-order chi connectivity index (χ1) is 11.4. The lowest BCUT2D eigenvalue weighted by molar-refractivity contribution is -0.123. The molecule has 0 spiro atoms. The summed E-state index contributed by atoms with van der Waals surface area (Å²) in [7, 11) is 0. The van der Waals surface area contributed by atoms with Crippen LogP contribution in [0.5, 0.6) is 0 Å². The van der Waals surface area contributed by atoms with E-state index in [-0.39, 0.29) is 23.4 Å². The quantitative estimate of drug-likeness (QED) is 0.664. The van der Waals surface area contributed by atoms with Gasteiger partial charge >= 0.3 is 0 Å². The van der Waals surface area contributed by atoms with Gasteiger partial charge in [-0.1, -0.05) is 19.4 Å². The van der Waals surface area contributed by atoms with E-state index in [0.717, 1.165) is 37.5 Å². The highest BCUT2D eigenvalue weighted by molar-refractivity contribution is 5.91. The molecule has 3 fully saturated rings. The van der Waals surface area contributed by atoms with E-state index in [2.05, 4.69) is 13.8 Å². The van der Waals surface area contributed by atoms with E-state index in [9.17, 15) is 9.90 Å². The molecule has 0 heterocycles. The predicted molar refractivity (Wildman–Crippen MR) is 91.4 cm³/mol. The van der Waals surface area contributed by atoms with E-state index in [1.807, 2.05) is 6.08 Å². The Morgan fingerprint density at radius 1 is 1.08 bits per heavy atom. The summed E-state index contributed by atoms with van der Waals surface area (Å²) in [6.07, 6.45) is 10.7. The van der Waals surface area contributed by atoms with Crippen molar-refractivity contribution in [2.45, 2.75) is 71.3 Å². The SMILES string of the molecule is C[C@]12CC[C@H]3[C@@H](CCC4=CC(=O)CC[C@@]43C)[C@@H]1CC[C@@H]2O.O=CO. The first-order valence-corrected chi connectivity index (χ1v) is 9.36. The molecule has 4 nitrogen and oxygen atoms in total. The second-order valence-corrected chi connectivity index (χ2v) is 8.71. The van der Waals surface area contributed by atoms with Crippen LogP contribution in [0.25, 0.3) is 0 Å². The third kappa shape index (κ3) is 2.54. The molecule has 3 saturated carbocycles. The predicted octanol–water partition coefficient (Wildman–Crippen LogP) is 3.58. The fourth-order valence-corrected chi connectivity index (χ4v) is 6.53. The summed E-state index contributed by atoms with van der Waals surface area (Å²) in [5.74, 6) is 2.57. The minimum absolute atomic E-state index is 0.0823. The number of ketones is 1. The summed E-state index contributed by atoms with van der Waals surface area (Å²) in [5.41, 5.74) is 1.89. The normalized spacial score (nSPS) is 46.6. The van der Waals surface area contributed by atoms with Crippen molar-refractivity contribution in [2.75, 3.05) is 0 Å². The number of hydrogen-bond donors (Lipinski definition) is 2. The van der Waals surface area contributed by atoms with Gasteiger partial charge in [0, 0.05) is 6.42 Å². The van der Waals surface area contributed by atoms with Crippen LogP contribution in [0.15, 0.2) is 11.6 Å². The van der Waals surface area contributed by atoms with Gasteiger partial charge in [-0.25, -0.2) is 0 Å². The van der Waals surface area contributed by atoms with Crippen LogP contribution >= 0.6 is 0 Å². The number of carbonyl (C=O) groups excluding carboxylic acids is 1. The van der Waals surface area contributed by atoms with Gasteiger partial charge in [-0.15, -0.1) is 0 Å². The van der Waals surface area contributed by atoms with E-state index in [1.165, 1.54) is 31.3 Å². The minimum Gasteiger partial charge on any atom is -0.483 e. The Kier molecular flexibility index (Phi) is 4.63. The number of rotatable bonds is 0. The van der Waals surface area contributed by atoms with Crippen LogP contribution in [0.2, 0.25) is 0 Å². The third-order valence-corrected chi connectivity index (χ3v) is 7.91. The van der Waals surface area contributed by atoms with Crippen LogP contribution in [0.4, 0.5) is 0 Å². The van der Waals surface area contributed by atoms with Crippen LogP contribution < -0.4 is 0 Å². The molecule has 4 aliphatic carbocycles. The second kappa shape index (κ2) is 6.29. The van der Waals surface area contributed by atoms with E-state index in [0.29, 0.717) is 11.7 Å². The molecule has 0 aliphatic heterocycles. The molecule has 0 aromatic heterocycles. The number of carboxylic acid groups (broad SMARTS) is 1. The van der Waals surface area contributed by atoms with Gasteiger partial charge in [-0.05, 0) is 79.6 Å². The Morgan fingerprint density at radius 2 is 1.79 bits per heavy atom. The van der Waals surface area contributed by atoms with E-state index in [4.69, 9.17) is 9.90 Å². The zero-order valence-electron chi connectivity index (χ0n) is 14.8. The number of allylic oxidation sites excluding steroid dienone is 1. The molecule has 0 unspecified atom stereocenters. The largest absolute Gasteiger partial charge is 0.483 e. The number of hydrogen-bond acceptors (Lipinski definition) is 3. The average molecular weight is 334 g/mol. The lowest BCUT2D eigenvalue weighted by Gasteiger charge is -2.57. The van der Waals surface area contributed by atoms with Crippen molar-refractivity contribution in [3.8, 4) is 0 Å². The molecule has 24 heavy (non-hydrogen) atoms. The monoisotopic (exact) mass is 334 g/mol. The molecule has 6 atom stereocenters. The van der Waals surface area contributed by atoms with Crippen molar-refractivity contribution in [3.63, 3.8) is 0 Å². The second-order valence-electron chi connectivity index (χ2n) is 8.71. The fraction of sp³-hybridized carbons (Fsp3) is 0.800. The van der Waals surface area contributed by atoms with E-state index >= 15 is 0 Å². The summed E-state index contributed by atoms with van der Waals surface area (Å²) in [6, 6.07) is 0. The maximum Gasteiger partial charge on any atom is 0.290 e. The number of carbonyl (C=O) groups is 2. The Labute approximate surface area is 144 Å². The molecule has 0 bridgehead atoms. The lowest BCUT2D eigenvalue weighted by atomic mass is 9.47. The summed E-state index contributed by atoms with van der Waals surface area (Å²) < 4.78 is 0. The van der Waals surface area contributed by atoms with Crippen molar-refractivity contribution < 1.29 is 19.8 Å². The molecule has 0 aromatic rings. The topological polar surface area (TPSA) is 74.6 Å². The maximum absolute atomic E-state index is 11.8. The highest BCUT2D eigenvalue weighted by Crippen LogP contribution is 2.65. The molecule has 4 heteroatoms. The lowest BCUT2D eigenvalue weighted by Crippen LogP contribution is -2.51. The van der Waals surface area contributed by atoms with Crippen LogP contribution in [0.1, 0.15) is 65.2 Å². The molecule has 0 aromatic carbocycles. The Morgan fingerprint density at radius 3 is 2.50 bits per heavy atom. The van der Waals surface area contributed by atoms with Crippen LogP contribution in [0, 0.1) is 28.6 Å². The van der Waals surface area contributed by atoms with E-state index < -0.39 is 0 Å². The first-order valence-electron chi connectivity index (χ1n) is 9.36. The smallest absolute Gasteiger partial charge is 0.290 e. The van der Waals surface area contributed by atoms with Gasteiger partial charge < -0.3 is 10.2 Å². The van der Waals surface area contributed by atoms with Gasteiger partial charge in [-0.2, -0.15) is 0 Å². The molecule has 0 amide bonds. The molecule has 134 valence electrons. The van der Waals surface area contributed by atoms with Gasteiger partial charge in [0.25, 0.3) is 6.47 Å². The summed E-state index contributed by atoms with van der Waals surface area (Å²) in [6.45, 7) is 4.51. The summed E-state index contributed by atoms with van der Waals surface area (Å²) in [5, 5.41) is 17.3. The summed E-state index contributed by atoms with van der Waals surface area (Å²) in [4.78, 5) is 20.1. The Hall–Kier alpha value is -1.16. The Bertz CT molecular complexity index is 554. The minimum atomic E-state index is -0.250. The number of aliphatic hydroxyl groups is 1. The molecule has 4 aliphatic rings. The average Bonchev–Trinajstić information content (AvgIpc) is 2.84. The first kappa shape index (κ1) is 17.7. The Balaban J connectivity index is 0.000000526. The standard InChI is InChI=1S/C19H28O2.CH2O2/c1-18-9-7-13(20)11-12(18)3-4-14-15-5-6-17(21)19(15,2)10-8-16(14)18;2-1-3/h11,14-17,21H,3-10H2,1-2H3;1H,(H,2,3)/t14-,15-,16-,17-,18-,19-;/m0./s1. The maximum atomic E-state index is 11.8. The van der Waals surface area contributed by atoms with Crippen molar-refractivity contribution in [3.05, 3.63) is 11.6 Å². The number of fused-ring (bicyclic) bond motifs is 5. The van der Waals surface area contributed by atoms with E-state index in [1.54, 1.807) is 0 Å². The van der Waals surface area contributed by atoms with Gasteiger partial charge in [-0.3, -0.25) is 9.59 Å². The summed E-state index contributed by atoms with van der Waals surface area (Å²) >= 11 is 0. The molecule has 2 N–H and O–H groups in total. The molecule has 0 saturated heterocycles. The van der Waals surface area contributed by atoms with Gasteiger partial charge in [0.15, 0.2) is 5.78 Å². The zero-order valence-corrected chi connectivity index (χ0v) is 14.8. The number of aliphatic hydroxyl groups excluding tert-OH is 1. The van der Waals surface area contributed by atoms with Crippen molar-refractivity contribution in [1.82, 2.24) is 0 Å². The van der Waals surface area contributed by atoms with Crippen LogP contribution in [-0.2, 0) is 9.59 Å². The van der Waals surface area contributed by atoms with Crippen molar-refractivity contribution in [2.24, 2.45) is 28.6 Å². The third-order valence-electron chi connectivity index (χ3n) is 7.91. The fourth-order valence-electron chi connectivity index (χ4n) is 6.53. The van der Waals surface area contributed by atoms with Gasteiger partial charge in [0.2, 0.25) is 0 Å².